The molecule has 1 aromatic heterocycles. The van der Waals surface area contributed by atoms with Gasteiger partial charge in [0.05, 0.1) is 11.5 Å². The third-order valence-electron chi connectivity index (χ3n) is 6.38. The second kappa shape index (κ2) is 8.45. The Hall–Kier alpha value is -2.91. The van der Waals surface area contributed by atoms with E-state index in [0.29, 0.717) is 30.2 Å². The molecule has 1 aliphatic heterocycles. The van der Waals surface area contributed by atoms with Gasteiger partial charge in [-0.25, -0.2) is 4.79 Å². The normalized spacial score (nSPS) is 18.7. The second-order valence-electron chi connectivity index (χ2n) is 8.31. The summed E-state index contributed by atoms with van der Waals surface area (Å²) in [7, 11) is 0. The van der Waals surface area contributed by atoms with Gasteiger partial charge in [0.15, 0.2) is 0 Å². The number of hydrogen-bond acceptors (Lipinski definition) is 5. The zero-order valence-electron chi connectivity index (χ0n) is 17.2. The van der Waals surface area contributed by atoms with Gasteiger partial charge in [0.25, 0.3) is 5.91 Å². The fraction of sp³-hybridized carbons (Fsp3) is 0.458. The molecule has 30 heavy (non-hydrogen) atoms. The first-order chi connectivity index (χ1) is 14.5. The number of nitriles is 1. The Balaban J connectivity index is 1.51. The largest absolute Gasteiger partial charge is 0.427 e. The smallest absolute Gasteiger partial charge is 0.349 e. The first-order valence-corrected chi connectivity index (χ1v) is 10.6. The van der Waals surface area contributed by atoms with Crippen LogP contribution in [0.2, 0.25) is 0 Å². The molecule has 0 unspecified atom stereocenters. The SMILES string of the molecule is Cc1cc(C2CCOCC2)oc(=O)c1C(=O)Nc1ccc(C2(C#N)CCCC2)cc1. The standard InChI is InChI=1S/C24H26N2O4/c1-16-14-20(17-8-12-29-13-9-17)30-23(28)21(16)22(27)26-19-6-4-18(5-7-19)24(15-25)10-2-3-11-24/h4-7,14,17H,2-3,8-13H2,1H3,(H,26,27). The van der Waals surface area contributed by atoms with Crippen LogP contribution in [0.4, 0.5) is 5.69 Å². The number of hydrogen-bond donors (Lipinski definition) is 1. The molecule has 0 atom stereocenters. The molecule has 2 aliphatic rings. The molecule has 1 amide bonds. The molecular formula is C24H26N2O4. The van der Waals surface area contributed by atoms with Crippen LogP contribution in [-0.2, 0) is 10.2 Å². The number of amides is 1. The molecule has 156 valence electrons. The lowest BCUT2D eigenvalue weighted by atomic mass is 9.80. The number of benzene rings is 1. The Kier molecular flexibility index (Phi) is 5.74. The number of rotatable bonds is 4. The van der Waals surface area contributed by atoms with Crippen molar-refractivity contribution in [3.8, 4) is 6.07 Å². The minimum absolute atomic E-state index is 0.0270. The number of carbonyl (C=O) groups is 1. The Labute approximate surface area is 175 Å². The molecule has 1 saturated heterocycles. The van der Waals surface area contributed by atoms with Gasteiger partial charge in [-0.2, -0.15) is 5.26 Å². The first-order valence-electron chi connectivity index (χ1n) is 10.6. The molecule has 4 rings (SSSR count). The number of nitrogens with zero attached hydrogens (tertiary/aromatic N) is 1. The topological polar surface area (TPSA) is 92.3 Å². The number of anilines is 1. The van der Waals surface area contributed by atoms with Crippen molar-refractivity contribution < 1.29 is 13.9 Å². The minimum Gasteiger partial charge on any atom is -0.427 e. The Morgan fingerprint density at radius 3 is 2.43 bits per heavy atom. The van der Waals surface area contributed by atoms with Crippen LogP contribution in [0, 0.1) is 18.3 Å². The predicted octanol–water partition coefficient (Wildman–Crippen LogP) is 4.43. The van der Waals surface area contributed by atoms with Gasteiger partial charge < -0.3 is 14.5 Å². The number of aryl methyl sites for hydroxylation is 1. The van der Waals surface area contributed by atoms with Crippen molar-refractivity contribution in [2.24, 2.45) is 0 Å². The maximum atomic E-state index is 12.8. The molecule has 2 fully saturated rings. The number of carbonyl (C=O) groups excluding carboxylic acids is 1. The van der Waals surface area contributed by atoms with E-state index >= 15 is 0 Å². The van der Waals surface area contributed by atoms with E-state index in [2.05, 4.69) is 11.4 Å². The van der Waals surface area contributed by atoms with E-state index in [0.717, 1.165) is 44.1 Å². The molecule has 1 N–H and O–H groups in total. The van der Waals surface area contributed by atoms with Crippen LogP contribution < -0.4 is 10.9 Å². The summed E-state index contributed by atoms with van der Waals surface area (Å²) in [4.78, 5) is 25.3. The summed E-state index contributed by atoms with van der Waals surface area (Å²) >= 11 is 0. The highest BCUT2D eigenvalue weighted by Crippen LogP contribution is 2.40. The summed E-state index contributed by atoms with van der Waals surface area (Å²) < 4.78 is 10.9. The Morgan fingerprint density at radius 1 is 1.17 bits per heavy atom. The van der Waals surface area contributed by atoms with Crippen molar-refractivity contribution in [2.45, 2.75) is 56.8 Å². The molecule has 0 spiro atoms. The van der Waals surface area contributed by atoms with Gasteiger partial charge >= 0.3 is 5.63 Å². The maximum Gasteiger partial charge on any atom is 0.349 e. The van der Waals surface area contributed by atoms with Crippen molar-refractivity contribution in [1.82, 2.24) is 0 Å². The van der Waals surface area contributed by atoms with E-state index in [4.69, 9.17) is 9.15 Å². The lowest BCUT2D eigenvalue weighted by Gasteiger charge is -2.21. The monoisotopic (exact) mass is 406 g/mol. The average molecular weight is 406 g/mol. The molecule has 0 radical (unpaired) electrons. The molecular weight excluding hydrogens is 380 g/mol. The van der Waals surface area contributed by atoms with Gasteiger partial charge in [0.1, 0.15) is 11.3 Å². The van der Waals surface area contributed by atoms with Crippen LogP contribution in [-0.4, -0.2) is 19.1 Å². The van der Waals surface area contributed by atoms with E-state index in [1.54, 1.807) is 25.1 Å². The highest BCUT2D eigenvalue weighted by molar-refractivity contribution is 6.04. The van der Waals surface area contributed by atoms with Crippen LogP contribution in [0.25, 0.3) is 0 Å². The molecule has 6 nitrogen and oxygen atoms in total. The minimum atomic E-state index is -0.611. The van der Waals surface area contributed by atoms with Crippen molar-refractivity contribution in [1.29, 1.82) is 5.26 Å². The van der Waals surface area contributed by atoms with E-state index in [1.807, 2.05) is 12.1 Å². The molecule has 1 saturated carbocycles. The Bertz CT molecular complexity index is 1020. The van der Waals surface area contributed by atoms with Crippen LogP contribution in [0.3, 0.4) is 0 Å². The van der Waals surface area contributed by atoms with Crippen molar-refractivity contribution in [2.75, 3.05) is 18.5 Å². The Morgan fingerprint density at radius 2 is 1.83 bits per heavy atom. The average Bonchev–Trinajstić information content (AvgIpc) is 3.25. The third-order valence-corrected chi connectivity index (χ3v) is 6.38. The van der Waals surface area contributed by atoms with E-state index in [9.17, 15) is 14.9 Å². The lowest BCUT2D eigenvalue weighted by Crippen LogP contribution is -2.24. The van der Waals surface area contributed by atoms with E-state index in [1.165, 1.54) is 0 Å². The van der Waals surface area contributed by atoms with Gasteiger partial charge in [-0.1, -0.05) is 25.0 Å². The van der Waals surface area contributed by atoms with E-state index in [-0.39, 0.29) is 11.5 Å². The molecule has 6 heteroatoms. The van der Waals surface area contributed by atoms with Gasteiger partial charge in [0.2, 0.25) is 0 Å². The molecule has 2 aromatic rings. The molecule has 2 heterocycles. The van der Waals surface area contributed by atoms with Crippen LogP contribution in [0.5, 0.6) is 0 Å². The summed E-state index contributed by atoms with van der Waals surface area (Å²) in [6.07, 6.45) is 5.48. The van der Waals surface area contributed by atoms with Gasteiger partial charge in [0, 0.05) is 24.8 Å². The van der Waals surface area contributed by atoms with Crippen LogP contribution >= 0.6 is 0 Å². The third kappa shape index (κ3) is 3.90. The lowest BCUT2D eigenvalue weighted by molar-refractivity contribution is 0.0796. The van der Waals surface area contributed by atoms with E-state index < -0.39 is 16.9 Å². The van der Waals surface area contributed by atoms with Gasteiger partial charge in [-0.05, 0) is 61.9 Å². The fourth-order valence-electron chi connectivity index (χ4n) is 4.60. The van der Waals surface area contributed by atoms with Crippen molar-refractivity contribution in [3.63, 3.8) is 0 Å². The highest BCUT2D eigenvalue weighted by Gasteiger charge is 2.35. The zero-order chi connectivity index (χ0) is 21.1. The van der Waals surface area contributed by atoms with Gasteiger partial charge in [-0.15, -0.1) is 0 Å². The van der Waals surface area contributed by atoms with Crippen molar-refractivity contribution >= 4 is 11.6 Å². The quantitative estimate of drug-likeness (QED) is 0.811. The molecule has 1 aliphatic carbocycles. The summed E-state index contributed by atoms with van der Waals surface area (Å²) in [5.74, 6) is 0.293. The maximum absolute atomic E-state index is 12.8. The van der Waals surface area contributed by atoms with Gasteiger partial charge in [-0.3, -0.25) is 4.79 Å². The first kappa shape index (κ1) is 20.4. The fourth-order valence-corrected chi connectivity index (χ4v) is 4.60. The number of nitrogens with one attached hydrogen (secondary N) is 1. The predicted molar refractivity (Wildman–Crippen MR) is 113 cm³/mol. The second-order valence-corrected chi connectivity index (χ2v) is 8.31. The molecule has 0 bridgehead atoms. The zero-order valence-corrected chi connectivity index (χ0v) is 17.2. The summed E-state index contributed by atoms with van der Waals surface area (Å²) in [6.45, 7) is 3.06. The summed E-state index contributed by atoms with van der Waals surface area (Å²) in [6, 6.07) is 11.6. The summed E-state index contributed by atoms with van der Waals surface area (Å²) in [5.41, 5.74) is 1.18. The van der Waals surface area contributed by atoms with Crippen LogP contribution in [0.1, 0.15) is 71.7 Å². The number of ether oxygens (including phenoxy) is 1. The highest BCUT2D eigenvalue weighted by atomic mass is 16.5. The van der Waals surface area contributed by atoms with Crippen molar-refractivity contribution in [3.05, 3.63) is 63.2 Å². The van der Waals surface area contributed by atoms with Crippen LogP contribution in [0.15, 0.2) is 39.5 Å². The molecule has 1 aromatic carbocycles. The summed E-state index contributed by atoms with van der Waals surface area (Å²) in [5, 5.41) is 12.4.